The van der Waals surface area contributed by atoms with Gasteiger partial charge in [0.25, 0.3) is 15.9 Å². The van der Waals surface area contributed by atoms with Crippen LogP contribution in [0.5, 0.6) is 0 Å². The summed E-state index contributed by atoms with van der Waals surface area (Å²) in [6, 6.07) is 13.2. The maximum Gasteiger partial charge on any atom is 0.264 e. The molecule has 0 bridgehead atoms. The summed E-state index contributed by atoms with van der Waals surface area (Å²) in [5, 5.41) is 0.866. The van der Waals surface area contributed by atoms with E-state index in [1.165, 1.54) is 48.7 Å². The number of ether oxygens (including phenoxy) is 1. The zero-order valence-corrected chi connectivity index (χ0v) is 24.5. The highest BCUT2D eigenvalue weighted by Gasteiger charge is 2.32. The van der Waals surface area contributed by atoms with E-state index in [1.807, 2.05) is 4.90 Å². The van der Waals surface area contributed by atoms with Gasteiger partial charge in [-0.05, 0) is 55.2 Å². The molecule has 2 aliphatic carbocycles. The third-order valence-corrected chi connectivity index (χ3v) is 10.1. The van der Waals surface area contributed by atoms with E-state index < -0.39 is 10.0 Å². The number of carbonyl (C=O) groups excluding carboxylic acids is 1. The number of allylic oxidation sites excluding steroid dienone is 2. The lowest BCUT2D eigenvalue weighted by atomic mass is 9.76. The van der Waals surface area contributed by atoms with Gasteiger partial charge < -0.3 is 14.5 Å². The van der Waals surface area contributed by atoms with E-state index in [4.69, 9.17) is 16.3 Å². The molecule has 1 saturated carbocycles. The van der Waals surface area contributed by atoms with Crippen LogP contribution in [0.3, 0.4) is 0 Å². The standard InChI is InChI=1S/C31H33ClN4O4S/c1-40-28-20-23(21-5-2-6-21)11-13-27(28)35-15-17-36(18-16-35)31(37)24-10-12-26(25(32)19-24)34-41(38,39)29-9-3-7-22-8-4-14-33-30(22)29/h3-4,7-14,19,21,28,34H,2,5-6,15-18,20H2,1H3/t28-/m0/s1. The van der Waals surface area contributed by atoms with Crippen LogP contribution in [0, 0.1) is 5.92 Å². The lowest BCUT2D eigenvalue weighted by Gasteiger charge is -2.41. The summed E-state index contributed by atoms with van der Waals surface area (Å²) in [6.07, 6.45) is 10.9. The Hall–Kier alpha value is -3.40. The highest BCUT2D eigenvalue weighted by molar-refractivity contribution is 7.93. The van der Waals surface area contributed by atoms with Crippen molar-refractivity contribution >= 4 is 44.1 Å². The first-order valence-electron chi connectivity index (χ1n) is 14.0. The normalized spacial score (nSPS) is 19.9. The van der Waals surface area contributed by atoms with Gasteiger partial charge in [0, 0.05) is 62.6 Å². The van der Waals surface area contributed by atoms with Crippen LogP contribution < -0.4 is 4.72 Å². The molecule has 1 atom stereocenters. The quantitative estimate of drug-likeness (QED) is 0.391. The number of amides is 1. The van der Waals surface area contributed by atoms with Crippen LogP contribution in [-0.2, 0) is 14.8 Å². The van der Waals surface area contributed by atoms with Crippen molar-refractivity contribution in [2.45, 2.75) is 36.7 Å². The Kier molecular flexibility index (Phi) is 7.76. The first kappa shape index (κ1) is 27.8. The minimum atomic E-state index is -3.96. The van der Waals surface area contributed by atoms with E-state index in [2.05, 4.69) is 26.8 Å². The number of fused-ring (bicyclic) bond motifs is 1. The predicted molar refractivity (Wildman–Crippen MR) is 160 cm³/mol. The Morgan fingerprint density at radius 2 is 1.83 bits per heavy atom. The zero-order chi connectivity index (χ0) is 28.6. The summed E-state index contributed by atoms with van der Waals surface area (Å²) in [4.78, 5) is 21.8. The molecule has 0 unspecified atom stereocenters. The van der Waals surface area contributed by atoms with Gasteiger partial charge in [-0.1, -0.05) is 47.9 Å². The van der Waals surface area contributed by atoms with Crippen LogP contribution >= 0.6 is 11.6 Å². The SMILES string of the molecule is CO[C@H]1CC(C2CCC2)=CC=C1N1CCN(C(=O)c2ccc(NS(=O)(=O)c3cccc4cccnc34)c(Cl)c2)CC1. The van der Waals surface area contributed by atoms with Crippen LogP contribution in [0.15, 0.2) is 83.0 Å². The number of nitrogens with one attached hydrogen (secondary N) is 1. The first-order valence-corrected chi connectivity index (χ1v) is 15.8. The molecule has 214 valence electrons. The summed E-state index contributed by atoms with van der Waals surface area (Å²) < 4.78 is 34.8. The van der Waals surface area contributed by atoms with Gasteiger partial charge in [0.1, 0.15) is 11.0 Å². The molecule has 2 heterocycles. The molecule has 8 nitrogen and oxygen atoms in total. The van der Waals surface area contributed by atoms with Gasteiger partial charge in [-0.25, -0.2) is 8.42 Å². The van der Waals surface area contributed by atoms with Crippen molar-refractivity contribution in [1.29, 1.82) is 0 Å². The molecule has 0 spiro atoms. The van der Waals surface area contributed by atoms with E-state index in [9.17, 15) is 13.2 Å². The summed E-state index contributed by atoms with van der Waals surface area (Å²) >= 11 is 6.48. The van der Waals surface area contributed by atoms with Gasteiger partial charge in [-0.2, -0.15) is 0 Å². The molecule has 1 N–H and O–H groups in total. The van der Waals surface area contributed by atoms with Crippen LogP contribution in [0.2, 0.25) is 5.02 Å². The van der Waals surface area contributed by atoms with E-state index in [0.29, 0.717) is 43.2 Å². The number of sulfonamides is 1. The molecule has 0 radical (unpaired) electrons. The molecular weight excluding hydrogens is 560 g/mol. The molecule has 3 aliphatic rings. The van der Waals surface area contributed by atoms with Crippen LogP contribution in [0.25, 0.3) is 10.9 Å². The molecule has 10 heteroatoms. The lowest BCUT2D eigenvalue weighted by Crippen LogP contribution is -2.50. The number of carbonyl (C=O) groups is 1. The maximum atomic E-state index is 13.3. The van der Waals surface area contributed by atoms with Crippen molar-refractivity contribution < 1.29 is 17.9 Å². The Bertz CT molecular complexity index is 1640. The summed E-state index contributed by atoms with van der Waals surface area (Å²) in [5.41, 5.74) is 3.67. The number of pyridine rings is 1. The number of hydrogen-bond acceptors (Lipinski definition) is 6. The van der Waals surface area contributed by atoms with Gasteiger partial charge in [-0.3, -0.25) is 14.5 Å². The van der Waals surface area contributed by atoms with Crippen molar-refractivity contribution in [3.8, 4) is 0 Å². The highest BCUT2D eigenvalue weighted by atomic mass is 35.5. The number of nitrogens with zero attached hydrogens (tertiary/aromatic N) is 3. The number of rotatable bonds is 7. The van der Waals surface area contributed by atoms with E-state index in [-0.39, 0.29) is 27.6 Å². The number of anilines is 1. The van der Waals surface area contributed by atoms with Crippen molar-refractivity contribution in [2.75, 3.05) is 38.0 Å². The minimum absolute atomic E-state index is 0.0534. The number of halogens is 1. The van der Waals surface area contributed by atoms with Crippen molar-refractivity contribution in [1.82, 2.24) is 14.8 Å². The maximum absolute atomic E-state index is 13.3. The van der Waals surface area contributed by atoms with Crippen molar-refractivity contribution in [3.63, 3.8) is 0 Å². The number of para-hydroxylation sites is 1. The highest BCUT2D eigenvalue weighted by Crippen LogP contribution is 2.39. The number of aromatic nitrogens is 1. The minimum Gasteiger partial charge on any atom is -0.375 e. The zero-order valence-electron chi connectivity index (χ0n) is 22.9. The molecule has 1 saturated heterocycles. The second-order valence-electron chi connectivity index (χ2n) is 10.8. The molecule has 1 aromatic heterocycles. The predicted octanol–water partition coefficient (Wildman–Crippen LogP) is 5.48. The number of piperazine rings is 1. The molecule has 1 amide bonds. The molecule has 2 fully saturated rings. The average Bonchev–Trinajstić information content (AvgIpc) is 2.96. The van der Waals surface area contributed by atoms with E-state index in [0.717, 1.165) is 11.8 Å². The summed E-state index contributed by atoms with van der Waals surface area (Å²) in [6.45, 7) is 2.58. The summed E-state index contributed by atoms with van der Waals surface area (Å²) in [7, 11) is -2.19. The van der Waals surface area contributed by atoms with Gasteiger partial charge >= 0.3 is 0 Å². The number of benzene rings is 2. The second kappa shape index (κ2) is 11.5. The topological polar surface area (TPSA) is 91.8 Å². The summed E-state index contributed by atoms with van der Waals surface area (Å²) in [5.74, 6) is 0.580. The van der Waals surface area contributed by atoms with Crippen molar-refractivity contribution in [2.24, 2.45) is 5.92 Å². The fraction of sp³-hybridized carbons (Fsp3) is 0.355. The van der Waals surface area contributed by atoms with Crippen molar-refractivity contribution in [3.05, 3.63) is 88.7 Å². The Morgan fingerprint density at radius 1 is 1.05 bits per heavy atom. The monoisotopic (exact) mass is 592 g/mol. The van der Waals surface area contributed by atoms with Crippen LogP contribution in [0.4, 0.5) is 5.69 Å². The lowest BCUT2D eigenvalue weighted by molar-refractivity contribution is 0.0578. The Morgan fingerprint density at radius 3 is 2.54 bits per heavy atom. The Balaban J connectivity index is 1.12. The first-order chi connectivity index (χ1) is 19.8. The van der Waals surface area contributed by atoms with Crippen LogP contribution in [0.1, 0.15) is 36.0 Å². The fourth-order valence-corrected chi connectivity index (χ4v) is 7.40. The fourth-order valence-electron chi connectivity index (χ4n) is 5.86. The smallest absolute Gasteiger partial charge is 0.264 e. The largest absolute Gasteiger partial charge is 0.375 e. The van der Waals surface area contributed by atoms with E-state index >= 15 is 0 Å². The second-order valence-corrected chi connectivity index (χ2v) is 12.9. The molecule has 41 heavy (non-hydrogen) atoms. The average molecular weight is 593 g/mol. The molecular formula is C31H33ClN4O4S. The van der Waals surface area contributed by atoms with Crippen LogP contribution in [-0.4, -0.2) is 68.5 Å². The molecule has 3 aromatic rings. The van der Waals surface area contributed by atoms with E-state index in [1.54, 1.807) is 43.6 Å². The Labute approximate surface area is 245 Å². The molecule has 1 aliphatic heterocycles. The van der Waals surface area contributed by atoms with Gasteiger partial charge in [0.05, 0.1) is 16.2 Å². The number of hydrogen-bond donors (Lipinski definition) is 1. The number of methoxy groups -OCH3 is 1. The third-order valence-electron chi connectivity index (χ3n) is 8.41. The van der Waals surface area contributed by atoms with Gasteiger partial charge in [0.15, 0.2) is 0 Å². The van der Waals surface area contributed by atoms with Gasteiger partial charge in [-0.15, -0.1) is 0 Å². The molecule has 2 aromatic carbocycles. The third kappa shape index (κ3) is 5.58. The van der Waals surface area contributed by atoms with Gasteiger partial charge in [0.2, 0.25) is 0 Å². The molecule has 6 rings (SSSR count).